The highest BCUT2D eigenvalue weighted by molar-refractivity contribution is 4.91. The van der Waals surface area contributed by atoms with E-state index in [4.69, 9.17) is 4.74 Å². The Labute approximate surface area is 111 Å². The summed E-state index contributed by atoms with van der Waals surface area (Å²) in [7, 11) is 0. The summed E-state index contributed by atoms with van der Waals surface area (Å²) in [5.41, 5.74) is 0.0789. The van der Waals surface area contributed by atoms with Crippen LogP contribution in [-0.2, 0) is 4.74 Å². The van der Waals surface area contributed by atoms with E-state index in [-0.39, 0.29) is 11.7 Å². The van der Waals surface area contributed by atoms with E-state index >= 15 is 0 Å². The van der Waals surface area contributed by atoms with Crippen LogP contribution < -0.4 is 5.32 Å². The number of hydrogen-bond acceptors (Lipinski definition) is 3. The van der Waals surface area contributed by atoms with Crippen molar-refractivity contribution < 1.29 is 9.84 Å². The van der Waals surface area contributed by atoms with Crippen molar-refractivity contribution in [2.24, 2.45) is 0 Å². The maximum Gasteiger partial charge on any atom is 0.0693 e. The minimum absolute atomic E-state index is 0.0789. The molecule has 1 saturated heterocycles. The second kappa shape index (κ2) is 6.36. The summed E-state index contributed by atoms with van der Waals surface area (Å²) in [6.45, 7) is 5.31. The van der Waals surface area contributed by atoms with Gasteiger partial charge in [-0.2, -0.15) is 0 Å². The molecule has 18 heavy (non-hydrogen) atoms. The van der Waals surface area contributed by atoms with Gasteiger partial charge >= 0.3 is 0 Å². The lowest BCUT2D eigenvalue weighted by atomic mass is 9.84. The summed E-state index contributed by atoms with van der Waals surface area (Å²) in [5.74, 6) is 0. The fraction of sp³-hybridized carbons (Fsp3) is 1.00. The van der Waals surface area contributed by atoms with Crippen LogP contribution >= 0.6 is 0 Å². The molecule has 0 bridgehead atoms. The molecule has 2 aliphatic rings. The van der Waals surface area contributed by atoms with E-state index in [1.165, 1.54) is 12.8 Å². The fourth-order valence-electron chi connectivity index (χ4n) is 3.52. The first-order chi connectivity index (χ1) is 8.69. The van der Waals surface area contributed by atoms with Gasteiger partial charge in [-0.1, -0.05) is 26.7 Å². The van der Waals surface area contributed by atoms with Gasteiger partial charge in [-0.3, -0.25) is 0 Å². The van der Waals surface area contributed by atoms with E-state index < -0.39 is 0 Å². The smallest absolute Gasteiger partial charge is 0.0693 e. The van der Waals surface area contributed by atoms with E-state index in [1.54, 1.807) is 0 Å². The van der Waals surface area contributed by atoms with Crippen LogP contribution in [0.3, 0.4) is 0 Å². The molecule has 3 atom stereocenters. The van der Waals surface area contributed by atoms with Gasteiger partial charge in [0.15, 0.2) is 0 Å². The zero-order valence-corrected chi connectivity index (χ0v) is 12.0. The highest BCUT2D eigenvalue weighted by Crippen LogP contribution is 2.32. The molecule has 0 aromatic carbocycles. The maximum atomic E-state index is 10.1. The molecule has 1 saturated carbocycles. The van der Waals surface area contributed by atoms with E-state index in [9.17, 15) is 5.11 Å². The molecule has 1 unspecified atom stereocenters. The Kier molecular flexibility index (Phi) is 5.05. The van der Waals surface area contributed by atoms with Gasteiger partial charge in [0, 0.05) is 18.7 Å². The van der Waals surface area contributed by atoms with Crippen molar-refractivity contribution in [2.45, 2.75) is 89.0 Å². The van der Waals surface area contributed by atoms with Gasteiger partial charge in [-0.25, -0.2) is 0 Å². The Morgan fingerprint density at radius 2 is 1.89 bits per heavy atom. The average Bonchev–Trinajstić information content (AvgIpc) is 2.41. The quantitative estimate of drug-likeness (QED) is 0.811. The predicted octanol–water partition coefficient (Wildman–Crippen LogP) is 2.62. The van der Waals surface area contributed by atoms with Crippen LogP contribution in [0.15, 0.2) is 0 Å². The number of nitrogens with one attached hydrogen (secondary N) is 1. The first-order valence-electron chi connectivity index (χ1n) is 7.77. The molecule has 1 aliphatic heterocycles. The molecule has 0 radical (unpaired) electrons. The molecular weight excluding hydrogens is 226 g/mol. The van der Waals surface area contributed by atoms with Gasteiger partial charge in [-0.05, 0) is 38.5 Å². The van der Waals surface area contributed by atoms with Crippen molar-refractivity contribution in [3.05, 3.63) is 0 Å². The second-order valence-corrected chi connectivity index (χ2v) is 6.05. The number of aliphatic hydroxyl groups excluding tert-OH is 1. The average molecular weight is 255 g/mol. The largest absolute Gasteiger partial charge is 0.392 e. The summed E-state index contributed by atoms with van der Waals surface area (Å²) in [5, 5.41) is 13.8. The van der Waals surface area contributed by atoms with Gasteiger partial charge in [0.1, 0.15) is 0 Å². The molecule has 3 nitrogen and oxygen atoms in total. The van der Waals surface area contributed by atoms with Crippen LogP contribution in [0, 0.1) is 0 Å². The lowest BCUT2D eigenvalue weighted by Crippen LogP contribution is -2.52. The summed E-state index contributed by atoms with van der Waals surface area (Å²) in [6.07, 6.45) is 8.76. The van der Waals surface area contributed by atoms with Crippen molar-refractivity contribution in [1.82, 2.24) is 5.32 Å². The number of rotatable bonds is 4. The lowest BCUT2D eigenvalue weighted by Gasteiger charge is -2.42. The van der Waals surface area contributed by atoms with E-state index in [1.807, 2.05) is 0 Å². The number of aliphatic hydroxyl groups is 1. The standard InChI is InChI=1S/C15H29NO2/c1-3-15(4-2)11-12(9-10-18-15)16-13-7-5-6-8-14(13)17/h12-14,16-17H,3-11H2,1-2H3/t12?,13-,14-/m1/s1. The Morgan fingerprint density at radius 1 is 1.17 bits per heavy atom. The van der Waals surface area contributed by atoms with Gasteiger partial charge in [-0.15, -0.1) is 0 Å². The Balaban J connectivity index is 1.88. The van der Waals surface area contributed by atoms with Gasteiger partial charge in [0.2, 0.25) is 0 Å². The predicted molar refractivity (Wildman–Crippen MR) is 73.7 cm³/mol. The summed E-state index contributed by atoms with van der Waals surface area (Å²) in [6, 6.07) is 0.838. The molecule has 0 spiro atoms. The monoisotopic (exact) mass is 255 g/mol. The third-order valence-corrected chi connectivity index (χ3v) is 4.96. The Morgan fingerprint density at radius 3 is 2.56 bits per heavy atom. The molecule has 2 N–H and O–H groups in total. The fourth-order valence-corrected chi connectivity index (χ4v) is 3.52. The van der Waals surface area contributed by atoms with Gasteiger partial charge in [0.25, 0.3) is 0 Å². The zero-order valence-electron chi connectivity index (χ0n) is 12.0. The molecule has 0 aromatic rings. The molecule has 0 aromatic heterocycles. The topological polar surface area (TPSA) is 41.5 Å². The van der Waals surface area contributed by atoms with Crippen molar-refractivity contribution in [3.63, 3.8) is 0 Å². The van der Waals surface area contributed by atoms with Crippen LogP contribution in [0.5, 0.6) is 0 Å². The molecule has 2 rings (SSSR count). The van der Waals surface area contributed by atoms with Crippen molar-refractivity contribution >= 4 is 0 Å². The molecule has 2 fully saturated rings. The summed E-state index contributed by atoms with van der Waals surface area (Å²) < 4.78 is 6.01. The summed E-state index contributed by atoms with van der Waals surface area (Å²) in [4.78, 5) is 0. The van der Waals surface area contributed by atoms with Crippen LogP contribution in [0.1, 0.15) is 65.2 Å². The van der Waals surface area contributed by atoms with Crippen LogP contribution in [0.2, 0.25) is 0 Å². The van der Waals surface area contributed by atoms with Gasteiger partial charge < -0.3 is 15.2 Å². The Bertz CT molecular complexity index is 253. The molecule has 1 heterocycles. The Hall–Kier alpha value is -0.120. The van der Waals surface area contributed by atoms with Crippen LogP contribution in [0.4, 0.5) is 0 Å². The maximum absolute atomic E-state index is 10.1. The van der Waals surface area contributed by atoms with E-state index in [0.717, 1.165) is 45.1 Å². The van der Waals surface area contributed by atoms with E-state index in [0.29, 0.717) is 12.1 Å². The molecule has 106 valence electrons. The second-order valence-electron chi connectivity index (χ2n) is 6.05. The third kappa shape index (κ3) is 3.25. The normalized spacial score (nSPS) is 36.5. The molecule has 0 amide bonds. The zero-order chi connectivity index (χ0) is 13.0. The first-order valence-corrected chi connectivity index (χ1v) is 7.77. The first kappa shape index (κ1) is 14.3. The number of hydrogen-bond donors (Lipinski definition) is 2. The highest BCUT2D eigenvalue weighted by atomic mass is 16.5. The molecular formula is C15H29NO2. The third-order valence-electron chi connectivity index (χ3n) is 4.96. The van der Waals surface area contributed by atoms with Gasteiger partial charge in [0.05, 0.1) is 11.7 Å². The van der Waals surface area contributed by atoms with Crippen molar-refractivity contribution in [1.29, 1.82) is 0 Å². The highest BCUT2D eigenvalue weighted by Gasteiger charge is 2.36. The molecule has 3 heteroatoms. The van der Waals surface area contributed by atoms with E-state index in [2.05, 4.69) is 19.2 Å². The SMILES string of the molecule is CCC1(CC)CC(N[C@@H]2CCCC[C@H]2O)CCO1. The minimum atomic E-state index is -0.140. The van der Waals surface area contributed by atoms with Crippen LogP contribution in [0.25, 0.3) is 0 Å². The molecule has 1 aliphatic carbocycles. The van der Waals surface area contributed by atoms with Crippen molar-refractivity contribution in [3.8, 4) is 0 Å². The summed E-state index contributed by atoms with van der Waals surface area (Å²) >= 11 is 0. The lowest BCUT2D eigenvalue weighted by molar-refractivity contribution is -0.0962. The minimum Gasteiger partial charge on any atom is -0.392 e. The number of ether oxygens (including phenoxy) is 1. The van der Waals surface area contributed by atoms with Crippen LogP contribution in [-0.4, -0.2) is 35.5 Å². The van der Waals surface area contributed by atoms with Crippen molar-refractivity contribution in [2.75, 3.05) is 6.61 Å².